The highest BCUT2D eigenvalue weighted by atomic mass is 32.1. The summed E-state index contributed by atoms with van der Waals surface area (Å²) in [7, 11) is 0. The summed E-state index contributed by atoms with van der Waals surface area (Å²) in [5.41, 5.74) is 0.886. The van der Waals surface area contributed by atoms with Crippen molar-refractivity contribution >= 4 is 22.9 Å². The number of aliphatic hydroxyl groups excluding tert-OH is 1. The number of rotatable bonds is 5. The van der Waals surface area contributed by atoms with Crippen LogP contribution in [0.2, 0.25) is 0 Å². The van der Waals surface area contributed by atoms with E-state index in [1.165, 1.54) is 16.4 Å². The van der Waals surface area contributed by atoms with E-state index in [4.69, 9.17) is 4.84 Å². The van der Waals surface area contributed by atoms with Crippen molar-refractivity contribution in [3.05, 3.63) is 35.3 Å². The maximum Gasteiger partial charge on any atom is 0.345 e. The zero-order valence-corrected chi connectivity index (χ0v) is 11.6. The molecule has 2 amide bonds. The first-order valence-electron chi connectivity index (χ1n) is 6.32. The predicted octanol–water partition coefficient (Wildman–Crippen LogP) is 1.12. The molecular weight excluding hydrogens is 278 g/mol. The smallest absolute Gasteiger partial charge is 0.345 e. The summed E-state index contributed by atoms with van der Waals surface area (Å²) in [6.07, 6.45) is 5.28. The molecular formula is C13H15N3O3S. The molecule has 0 unspecified atom stereocenters. The topological polar surface area (TPSA) is 65.9 Å². The summed E-state index contributed by atoms with van der Waals surface area (Å²) in [5, 5.41) is 13.7. The molecule has 0 aromatic carbocycles. The second-order valence-electron chi connectivity index (χ2n) is 4.57. The molecule has 1 fully saturated rings. The highest BCUT2D eigenvalue weighted by Gasteiger charge is 2.46. The molecule has 0 aliphatic carbocycles. The van der Waals surface area contributed by atoms with Gasteiger partial charge in [0.2, 0.25) is 0 Å². The number of nitrogens with zero attached hydrogens (tertiary/aromatic N) is 3. The minimum atomic E-state index is -0.359. The fourth-order valence-corrected chi connectivity index (χ4v) is 3.26. The number of amides is 2. The van der Waals surface area contributed by atoms with Gasteiger partial charge in [-0.25, -0.2) is 9.78 Å². The first-order chi connectivity index (χ1) is 9.76. The average molecular weight is 293 g/mol. The van der Waals surface area contributed by atoms with E-state index in [0.717, 1.165) is 10.6 Å². The van der Waals surface area contributed by atoms with E-state index in [9.17, 15) is 9.90 Å². The number of thiazole rings is 1. The van der Waals surface area contributed by atoms with Crippen molar-refractivity contribution in [1.29, 1.82) is 0 Å². The van der Waals surface area contributed by atoms with Crippen molar-refractivity contribution in [2.24, 2.45) is 0 Å². The van der Waals surface area contributed by atoms with Crippen molar-refractivity contribution in [2.75, 3.05) is 19.8 Å². The molecule has 7 heteroatoms. The summed E-state index contributed by atoms with van der Waals surface area (Å²) in [6.45, 7) is 4.25. The molecule has 0 radical (unpaired) electrons. The van der Waals surface area contributed by atoms with Gasteiger partial charge in [0.1, 0.15) is 5.01 Å². The van der Waals surface area contributed by atoms with E-state index in [1.807, 2.05) is 11.5 Å². The average Bonchev–Trinajstić information content (AvgIpc) is 3.07. The summed E-state index contributed by atoms with van der Waals surface area (Å²) >= 11 is 1.50. The van der Waals surface area contributed by atoms with Crippen LogP contribution >= 0.6 is 11.3 Å². The van der Waals surface area contributed by atoms with Crippen LogP contribution in [0.15, 0.2) is 30.3 Å². The van der Waals surface area contributed by atoms with Gasteiger partial charge in [-0.15, -0.1) is 17.9 Å². The fourth-order valence-electron chi connectivity index (χ4n) is 2.55. The lowest BCUT2D eigenvalue weighted by Gasteiger charge is -2.29. The highest BCUT2D eigenvalue weighted by Crippen LogP contribution is 2.35. The third-order valence-electron chi connectivity index (χ3n) is 3.41. The van der Waals surface area contributed by atoms with E-state index in [1.54, 1.807) is 17.2 Å². The van der Waals surface area contributed by atoms with E-state index < -0.39 is 0 Å². The molecule has 1 aromatic heterocycles. The van der Waals surface area contributed by atoms with Crippen LogP contribution in [0.4, 0.5) is 4.79 Å². The van der Waals surface area contributed by atoms with Crippen molar-refractivity contribution in [3.8, 4) is 0 Å². The number of carbonyl (C=O) groups is 1. The zero-order valence-electron chi connectivity index (χ0n) is 10.8. The quantitative estimate of drug-likeness (QED) is 0.826. The van der Waals surface area contributed by atoms with Gasteiger partial charge in [-0.05, 0) is 6.08 Å². The predicted molar refractivity (Wildman–Crippen MR) is 74.8 cm³/mol. The lowest BCUT2D eigenvalue weighted by molar-refractivity contribution is -0.107. The SMILES string of the molecule is C=CCON1C(=O)N2C[C@@H]1C=C(c1nccs1)[C@H]2CO. The molecule has 2 bridgehead atoms. The number of hydrogen-bond donors (Lipinski definition) is 1. The van der Waals surface area contributed by atoms with Crippen molar-refractivity contribution in [2.45, 2.75) is 12.1 Å². The minimum Gasteiger partial charge on any atom is -0.394 e. The summed E-state index contributed by atoms with van der Waals surface area (Å²) in [6, 6.07) is -0.731. The second kappa shape index (κ2) is 5.35. The van der Waals surface area contributed by atoms with Crippen LogP contribution in [0.5, 0.6) is 0 Å². The Morgan fingerprint density at radius 2 is 2.50 bits per heavy atom. The normalized spacial score (nSPS) is 25.1. The lowest BCUT2D eigenvalue weighted by Crippen LogP contribution is -2.42. The second-order valence-corrected chi connectivity index (χ2v) is 5.46. The van der Waals surface area contributed by atoms with Gasteiger partial charge >= 0.3 is 6.03 Å². The van der Waals surface area contributed by atoms with E-state index in [0.29, 0.717) is 6.54 Å². The number of urea groups is 1. The van der Waals surface area contributed by atoms with E-state index >= 15 is 0 Å². The van der Waals surface area contributed by atoms with Gasteiger partial charge in [-0.3, -0.25) is 4.84 Å². The molecule has 20 heavy (non-hydrogen) atoms. The number of aliphatic hydroxyl groups is 1. The maximum absolute atomic E-state index is 12.3. The Balaban J connectivity index is 1.93. The Morgan fingerprint density at radius 3 is 3.15 bits per heavy atom. The Kier molecular flexibility index (Phi) is 3.56. The van der Waals surface area contributed by atoms with Gasteiger partial charge in [-0.1, -0.05) is 6.08 Å². The minimum absolute atomic E-state index is 0.126. The molecule has 6 nitrogen and oxygen atoms in total. The van der Waals surface area contributed by atoms with Crippen LogP contribution in [0.1, 0.15) is 5.01 Å². The van der Waals surface area contributed by atoms with Gasteiger partial charge in [0.25, 0.3) is 0 Å². The van der Waals surface area contributed by atoms with Crippen molar-refractivity contribution < 1.29 is 14.7 Å². The molecule has 3 heterocycles. The molecule has 2 aliphatic heterocycles. The van der Waals surface area contributed by atoms with Gasteiger partial charge in [0, 0.05) is 23.7 Å². The Morgan fingerprint density at radius 1 is 1.65 bits per heavy atom. The van der Waals surface area contributed by atoms with Crippen LogP contribution in [0, 0.1) is 0 Å². The fraction of sp³-hybridized carbons (Fsp3) is 0.385. The maximum atomic E-state index is 12.3. The molecule has 0 saturated carbocycles. The van der Waals surface area contributed by atoms with Crippen LogP contribution in [-0.4, -0.2) is 57.9 Å². The molecule has 3 rings (SSSR count). The monoisotopic (exact) mass is 293 g/mol. The van der Waals surface area contributed by atoms with E-state index in [-0.39, 0.29) is 31.3 Å². The highest BCUT2D eigenvalue weighted by molar-refractivity contribution is 7.10. The molecule has 2 aliphatic rings. The van der Waals surface area contributed by atoms with Gasteiger partial charge in [-0.2, -0.15) is 5.06 Å². The lowest BCUT2D eigenvalue weighted by atomic mass is 10.0. The molecule has 2 atom stereocenters. The van der Waals surface area contributed by atoms with Gasteiger partial charge in [0.15, 0.2) is 0 Å². The Hall–Kier alpha value is -1.70. The van der Waals surface area contributed by atoms with Crippen molar-refractivity contribution in [1.82, 2.24) is 14.9 Å². The number of hydrogen-bond acceptors (Lipinski definition) is 5. The number of carbonyl (C=O) groups excluding carboxylic acids is 1. The third-order valence-corrected chi connectivity index (χ3v) is 4.23. The van der Waals surface area contributed by atoms with Crippen LogP contribution in [-0.2, 0) is 4.84 Å². The standard InChI is InChI=1S/C13H15N3O3S/c1-2-4-19-16-9-6-10(12-14-3-5-20-12)11(8-17)15(7-9)13(16)18/h2-3,5-6,9,11,17H,1,4,7-8H2/t9-,11+/m0/s1. The first-order valence-corrected chi connectivity index (χ1v) is 7.20. The third kappa shape index (κ3) is 2.04. The molecule has 1 N–H and O–H groups in total. The van der Waals surface area contributed by atoms with E-state index in [2.05, 4.69) is 11.6 Å². The molecule has 0 spiro atoms. The molecule has 1 aromatic rings. The number of fused-ring (bicyclic) bond motifs is 2. The van der Waals surface area contributed by atoms with Gasteiger partial charge < -0.3 is 10.0 Å². The Bertz CT molecular complexity index is 543. The molecule has 106 valence electrons. The largest absolute Gasteiger partial charge is 0.394 e. The van der Waals surface area contributed by atoms with Crippen molar-refractivity contribution in [3.63, 3.8) is 0 Å². The van der Waals surface area contributed by atoms with Crippen LogP contribution < -0.4 is 0 Å². The summed E-state index contributed by atoms with van der Waals surface area (Å²) in [5.74, 6) is 0. The first kappa shape index (κ1) is 13.3. The van der Waals surface area contributed by atoms with Gasteiger partial charge in [0.05, 0.1) is 25.3 Å². The Labute approximate surface area is 120 Å². The summed E-state index contributed by atoms with van der Waals surface area (Å²) in [4.78, 5) is 23.6. The number of aromatic nitrogens is 1. The number of hydroxylamine groups is 2. The zero-order chi connectivity index (χ0) is 14.1. The van der Waals surface area contributed by atoms with Crippen LogP contribution in [0.25, 0.3) is 5.57 Å². The molecule has 1 saturated heterocycles. The summed E-state index contributed by atoms with van der Waals surface area (Å²) < 4.78 is 0. The van der Waals surface area contributed by atoms with Crippen LogP contribution in [0.3, 0.4) is 0 Å².